The summed E-state index contributed by atoms with van der Waals surface area (Å²) in [6, 6.07) is 6.45. The summed E-state index contributed by atoms with van der Waals surface area (Å²) in [5, 5.41) is 3.19. The van der Waals surface area contributed by atoms with E-state index < -0.39 is 0 Å². The van der Waals surface area contributed by atoms with Crippen LogP contribution in [0, 0.1) is 5.82 Å². The monoisotopic (exact) mass is 231 g/mol. The molecule has 0 spiro atoms. The zero-order valence-electron chi connectivity index (χ0n) is 8.51. The zero-order chi connectivity index (χ0) is 10.9. The van der Waals surface area contributed by atoms with Gasteiger partial charge in [0.2, 0.25) is 0 Å². The topological polar surface area (TPSA) is 21.3 Å². The molecular formula is C11H15ClFNO. The summed E-state index contributed by atoms with van der Waals surface area (Å²) in [5.74, 6) is 0.321. The molecular weight excluding hydrogens is 217 g/mol. The van der Waals surface area contributed by atoms with Crippen LogP contribution in [0.2, 0.25) is 0 Å². The fourth-order valence-corrected chi connectivity index (χ4v) is 1.25. The van der Waals surface area contributed by atoms with E-state index in [0.717, 1.165) is 18.7 Å². The Hall–Kier alpha value is -0.640. The highest BCUT2D eigenvalue weighted by molar-refractivity contribution is 6.17. The summed E-state index contributed by atoms with van der Waals surface area (Å²) in [6.07, 6.45) is 0. The van der Waals surface area contributed by atoms with Gasteiger partial charge in [-0.3, -0.25) is 0 Å². The molecule has 0 amide bonds. The molecule has 2 nitrogen and oxygen atoms in total. The largest absolute Gasteiger partial charge is 0.379 e. The maximum atomic E-state index is 12.6. The predicted octanol–water partition coefficient (Wildman–Crippen LogP) is 2.17. The summed E-state index contributed by atoms with van der Waals surface area (Å²) in [5.41, 5.74) is 1.06. The number of halogens is 2. The highest BCUT2D eigenvalue weighted by Crippen LogP contribution is 2.01. The molecule has 0 bridgehead atoms. The molecule has 0 radical (unpaired) electrons. The standard InChI is InChI=1S/C11H15ClFNO/c12-5-7-15-8-6-14-9-10-1-3-11(13)4-2-10/h1-4,14H,5-9H2. The first-order chi connectivity index (χ1) is 7.33. The fourth-order valence-electron chi connectivity index (χ4n) is 1.14. The fraction of sp³-hybridized carbons (Fsp3) is 0.455. The lowest BCUT2D eigenvalue weighted by Gasteiger charge is -2.05. The Morgan fingerprint density at radius 3 is 2.60 bits per heavy atom. The Balaban J connectivity index is 2.07. The summed E-state index contributed by atoms with van der Waals surface area (Å²) < 4.78 is 17.7. The predicted molar refractivity (Wildman–Crippen MR) is 59.6 cm³/mol. The number of rotatable bonds is 7. The maximum Gasteiger partial charge on any atom is 0.123 e. The number of ether oxygens (including phenoxy) is 1. The van der Waals surface area contributed by atoms with Gasteiger partial charge < -0.3 is 10.1 Å². The van der Waals surface area contributed by atoms with E-state index in [1.165, 1.54) is 12.1 Å². The molecule has 0 aromatic heterocycles. The van der Waals surface area contributed by atoms with Crippen molar-refractivity contribution >= 4 is 11.6 Å². The summed E-state index contributed by atoms with van der Waals surface area (Å²) in [7, 11) is 0. The van der Waals surface area contributed by atoms with E-state index in [4.69, 9.17) is 16.3 Å². The number of benzene rings is 1. The molecule has 1 aromatic rings. The molecule has 0 aliphatic carbocycles. The molecule has 0 aliphatic heterocycles. The average Bonchev–Trinajstić information content (AvgIpc) is 2.26. The number of hydrogen-bond donors (Lipinski definition) is 1. The van der Waals surface area contributed by atoms with E-state index in [2.05, 4.69) is 5.32 Å². The van der Waals surface area contributed by atoms with E-state index in [0.29, 0.717) is 19.1 Å². The van der Waals surface area contributed by atoms with Crippen LogP contribution in [0.1, 0.15) is 5.56 Å². The molecule has 0 saturated carbocycles. The summed E-state index contributed by atoms with van der Waals surface area (Å²) in [6.45, 7) is 2.73. The molecule has 0 atom stereocenters. The Kier molecular flexibility index (Phi) is 6.32. The first-order valence-corrected chi connectivity index (χ1v) is 5.45. The Labute approximate surface area is 94.4 Å². The van der Waals surface area contributed by atoms with Gasteiger partial charge in [-0.05, 0) is 17.7 Å². The molecule has 15 heavy (non-hydrogen) atoms. The lowest BCUT2D eigenvalue weighted by atomic mass is 10.2. The smallest absolute Gasteiger partial charge is 0.123 e. The van der Waals surface area contributed by atoms with Crippen LogP contribution in [-0.2, 0) is 11.3 Å². The minimum atomic E-state index is -0.204. The van der Waals surface area contributed by atoms with Crippen LogP contribution in [-0.4, -0.2) is 25.6 Å². The normalized spacial score (nSPS) is 10.5. The van der Waals surface area contributed by atoms with Gasteiger partial charge in [0.05, 0.1) is 13.2 Å². The number of nitrogens with one attached hydrogen (secondary N) is 1. The third-order valence-electron chi connectivity index (χ3n) is 1.89. The van der Waals surface area contributed by atoms with Crippen molar-refractivity contribution in [2.24, 2.45) is 0 Å². The maximum absolute atomic E-state index is 12.6. The van der Waals surface area contributed by atoms with Gasteiger partial charge in [0.15, 0.2) is 0 Å². The van der Waals surface area contributed by atoms with Gasteiger partial charge >= 0.3 is 0 Å². The van der Waals surface area contributed by atoms with Gasteiger partial charge in [0.25, 0.3) is 0 Å². The van der Waals surface area contributed by atoms with Crippen LogP contribution >= 0.6 is 11.6 Å². The quantitative estimate of drug-likeness (QED) is 0.574. The summed E-state index contributed by atoms with van der Waals surface area (Å²) >= 11 is 5.44. The Morgan fingerprint density at radius 2 is 1.93 bits per heavy atom. The lowest BCUT2D eigenvalue weighted by Crippen LogP contribution is -2.19. The van der Waals surface area contributed by atoms with Crippen molar-refractivity contribution in [1.29, 1.82) is 0 Å². The molecule has 0 heterocycles. The van der Waals surface area contributed by atoms with E-state index in [1.54, 1.807) is 12.1 Å². The first-order valence-electron chi connectivity index (χ1n) is 4.92. The number of alkyl halides is 1. The molecule has 1 rings (SSSR count). The second kappa shape index (κ2) is 7.63. The molecule has 0 saturated heterocycles. The second-order valence-corrected chi connectivity index (χ2v) is 3.48. The molecule has 4 heteroatoms. The Bertz CT molecular complexity index is 266. The van der Waals surface area contributed by atoms with Crippen molar-refractivity contribution in [1.82, 2.24) is 5.32 Å². The molecule has 0 aliphatic rings. The van der Waals surface area contributed by atoms with Crippen molar-refractivity contribution in [3.8, 4) is 0 Å². The highest BCUT2D eigenvalue weighted by atomic mass is 35.5. The van der Waals surface area contributed by atoms with Gasteiger partial charge in [0, 0.05) is 19.0 Å². The highest BCUT2D eigenvalue weighted by Gasteiger charge is 1.93. The van der Waals surface area contributed by atoms with Gasteiger partial charge in [-0.1, -0.05) is 12.1 Å². The molecule has 1 N–H and O–H groups in total. The number of hydrogen-bond acceptors (Lipinski definition) is 2. The average molecular weight is 232 g/mol. The molecule has 84 valence electrons. The minimum Gasteiger partial charge on any atom is -0.379 e. The van der Waals surface area contributed by atoms with Gasteiger partial charge in [-0.15, -0.1) is 11.6 Å². The van der Waals surface area contributed by atoms with Crippen LogP contribution in [0.3, 0.4) is 0 Å². The van der Waals surface area contributed by atoms with Crippen LogP contribution in [0.5, 0.6) is 0 Å². The Morgan fingerprint density at radius 1 is 1.20 bits per heavy atom. The van der Waals surface area contributed by atoms with Crippen molar-refractivity contribution < 1.29 is 9.13 Å². The third kappa shape index (κ3) is 5.72. The van der Waals surface area contributed by atoms with Crippen LogP contribution in [0.4, 0.5) is 4.39 Å². The lowest BCUT2D eigenvalue weighted by molar-refractivity contribution is 0.151. The van der Waals surface area contributed by atoms with Crippen LogP contribution < -0.4 is 5.32 Å². The molecule has 0 fully saturated rings. The van der Waals surface area contributed by atoms with Crippen molar-refractivity contribution in [2.45, 2.75) is 6.54 Å². The summed E-state index contributed by atoms with van der Waals surface area (Å²) in [4.78, 5) is 0. The van der Waals surface area contributed by atoms with Crippen molar-refractivity contribution in [3.05, 3.63) is 35.6 Å². The van der Waals surface area contributed by atoms with Gasteiger partial charge in [0.1, 0.15) is 5.82 Å². The van der Waals surface area contributed by atoms with E-state index in [1.807, 2.05) is 0 Å². The first kappa shape index (κ1) is 12.4. The van der Waals surface area contributed by atoms with Crippen molar-refractivity contribution in [2.75, 3.05) is 25.6 Å². The minimum absolute atomic E-state index is 0.204. The third-order valence-corrected chi connectivity index (χ3v) is 2.04. The van der Waals surface area contributed by atoms with E-state index in [9.17, 15) is 4.39 Å². The van der Waals surface area contributed by atoms with Crippen LogP contribution in [0.15, 0.2) is 24.3 Å². The SMILES string of the molecule is Fc1ccc(CNCCOCCCl)cc1. The van der Waals surface area contributed by atoms with E-state index >= 15 is 0 Å². The second-order valence-electron chi connectivity index (χ2n) is 3.10. The van der Waals surface area contributed by atoms with Gasteiger partial charge in [-0.25, -0.2) is 4.39 Å². The van der Waals surface area contributed by atoms with Crippen LogP contribution in [0.25, 0.3) is 0 Å². The zero-order valence-corrected chi connectivity index (χ0v) is 9.27. The molecule has 1 aromatic carbocycles. The van der Waals surface area contributed by atoms with E-state index in [-0.39, 0.29) is 5.82 Å². The molecule has 0 unspecified atom stereocenters. The van der Waals surface area contributed by atoms with Gasteiger partial charge in [-0.2, -0.15) is 0 Å². The van der Waals surface area contributed by atoms with Crippen molar-refractivity contribution in [3.63, 3.8) is 0 Å².